The molecule has 1 aliphatic heterocycles. The highest BCUT2D eigenvalue weighted by Crippen LogP contribution is 2.40. The van der Waals surface area contributed by atoms with Gasteiger partial charge in [-0.25, -0.2) is 0 Å². The molecule has 1 rings (SSSR count). The zero-order chi connectivity index (χ0) is 12.6. The number of hydrogen-bond acceptors (Lipinski definition) is 3. The molecule has 16 heavy (non-hydrogen) atoms. The molecule has 0 N–H and O–H groups in total. The second-order valence-corrected chi connectivity index (χ2v) is 5.41. The van der Waals surface area contributed by atoms with E-state index in [1.54, 1.807) is 6.92 Å². The molecule has 1 heterocycles. The number of halogens is 6. The average Bonchev–Trinajstić information content (AvgIpc) is 2.46. The lowest BCUT2D eigenvalue weighted by Crippen LogP contribution is -2.54. The molecule has 1 aliphatic rings. The fourth-order valence-corrected chi connectivity index (χ4v) is 1.74. The molecular weight excluding hydrogens is 289 g/mol. The lowest BCUT2D eigenvalue weighted by molar-refractivity contribution is -0.208. The summed E-state index contributed by atoms with van der Waals surface area (Å²) in [4.78, 5) is 0.549. The number of rotatable bonds is 2. The van der Waals surface area contributed by atoms with Crippen LogP contribution in [0.5, 0.6) is 0 Å². The molecule has 3 nitrogen and oxygen atoms in total. The lowest BCUT2D eigenvalue weighted by Gasteiger charge is -2.35. The van der Waals surface area contributed by atoms with Crippen molar-refractivity contribution in [2.45, 2.75) is 29.6 Å². The molecule has 1 unspecified atom stereocenters. The summed E-state index contributed by atoms with van der Waals surface area (Å²) in [5, 5.41) is 4.43. The molecule has 0 radical (unpaired) electrons. The molecule has 0 aromatic carbocycles. The van der Waals surface area contributed by atoms with Crippen LogP contribution in [-0.4, -0.2) is 39.1 Å². The first kappa shape index (κ1) is 14.0. The molecule has 0 spiro atoms. The van der Waals surface area contributed by atoms with E-state index in [1.807, 2.05) is 0 Å². The number of hydrazone groups is 1. The van der Waals surface area contributed by atoms with E-state index in [4.69, 9.17) is 34.8 Å². The first-order chi connectivity index (χ1) is 7.18. The molecule has 0 aromatic rings. The van der Waals surface area contributed by atoms with E-state index < -0.39 is 16.3 Å². The summed E-state index contributed by atoms with van der Waals surface area (Å²) >= 11 is 16.3. The average molecular weight is 299 g/mol. The highest BCUT2D eigenvalue weighted by molar-refractivity contribution is 6.67. The van der Waals surface area contributed by atoms with E-state index in [-0.39, 0.29) is 6.54 Å². The van der Waals surface area contributed by atoms with Gasteiger partial charge in [0.1, 0.15) is 6.34 Å². The van der Waals surface area contributed by atoms with Crippen molar-refractivity contribution in [3.05, 3.63) is 0 Å². The monoisotopic (exact) mass is 297 g/mol. The highest BCUT2D eigenvalue weighted by Gasteiger charge is 2.54. The zero-order valence-corrected chi connectivity index (χ0v) is 10.4. The Morgan fingerprint density at radius 2 is 1.88 bits per heavy atom. The van der Waals surface area contributed by atoms with Crippen LogP contribution in [0, 0.1) is 0 Å². The Labute approximate surface area is 106 Å². The maximum absolute atomic E-state index is 12.8. The first-order valence-electron chi connectivity index (χ1n) is 4.40. The molecule has 9 heteroatoms. The third kappa shape index (κ3) is 2.99. The maximum atomic E-state index is 12.8. The summed E-state index contributed by atoms with van der Waals surface area (Å²) in [5.41, 5.74) is 0. The van der Waals surface area contributed by atoms with Crippen molar-refractivity contribution in [1.29, 1.82) is 0 Å². The Kier molecular flexibility index (Phi) is 4.08. The van der Waals surface area contributed by atoms with Gasteiger partial charge in [0.15, 0.2) is 0 Å². The topological polar surface area (TPSA) is 18.8 Å². The summed E-state index contributed by atoms with van der Waals surface area (Å²) in [7, 11) is 0. The van der Waals surface area contributed by atoms with Crippen molar-refractivity contribution in [3.8, 4) is 0 Å². The molecule has 0 saturated heterocycles. The Morgan fingerprint density at radius 1 is 1.31 bits per heavy atom. The standard InChI is InChI=1S/C7H9Cl3F3N3/c1-2-3-16-5(6(11,12)13)15(4-14-16)7(8,9)10/h4-5H,2-3H2,1H3. The van der Waals surface area contributed by atoms with Crippen LogP contribution >= 0.6 is 34.8 Å². The molecule has 0 aliphatic carbocycles. The highest BCUT2D eigenvalue weighted by atomic mass is 35.6. The van der Waals surface area contributed by atoms with Crippen molar-refractivity contribution in [1.82, 2.24) is 9.91 Å². The van der Waals surface area contributed by atoms with Crippen LogP contribution in [0.4, 0.5) is 13.2 Å². The Hall–Kier alpha value is -0.0700. The SMILES string of the molecule is CCCN1N=CN(C(Cl)(Cl)Cl)C1C(F)(F)F. The Balaban J connectivity index is 2.93. The van der Waals surface area contributed by atoms with Gasteiger partial charge in [0, 0.05) is 6.54 Å². The van der Waals surface area contributed by atoms with Gasteiger partial charge in [-0.3, -0.25) is 9.91 Å². The first-order valence-corrected chi connectivity index (χ1v) is 5.54. The molecule has 0 bridgehead atoms. The van der Waals surface area contributed by atoms with Crippen molar-refractivity contribution >= 4 is 41.1 Å². The van der Waals surface area contributed by atoms with Crippen molar-refractivity contribution in [2.24, 2.45) is 5.10 Å². The smallest absolute Gasteiger partial charge is 0.286 e. The van der Waals surface area contributed by atoms with Gasteiger partial charge in [-0.1, -0.05) is 41.7 Å². The minimum Gasteiger partial charge on any atom is -0.286 e. The zero-order valence-electron chi connectivity index (χ0n) is 8.18. The summed E-state index contributed by atoms with van der Waals surface area (Å²) in [6, 6.07) is 0. The van der Waals surface area contributed by atoms with Gasteiger partial charge < -0.3 is 0 Å². The molecule has 0 saturated carbocycles. The van der Waals surface area contributed by atoms with E-state index >= 15 is 0 Å². The Bertz CT molecular complexity index is 276. The molecule has 0 amide bonds. The summed E-state index contributed by atoms with van der Waals surface area (Å²) < 4.78 is 36.2. The second kappa shape index (κ2) is 4.66. The van der Waals surface area contributed by atoms with E-state index in [2.05, 4.69) is 5.10 Å². The minimum atomic E-state index is -4.55. The van der Waals surface area contributed by atoms with E-state index in [9.17, 15) is 13.2 Å². The van der Waals surface area contributed by atoms with Crippen molar-refractivity contribution in [3.63, 3.8) is 0 Å². The van der Waals surface area contributed by atoms with Gasteiger partial charge >= 0.3 is 6.18 Å². The van der Waals surface area contributed by atoms with Crippen LogP contribution in [-0.2, 0) is 0 Å². The van der Waals surface area contributed by atoms with Crippen LogP contribution in [0.1, 0.15) is 13.3 Å². The second-order valence-electron chi connectivity index (χ2n) is 3.18. The van der Waals surface area contributed by atoms with Crippen molar-refractivity contribution < 1.29 is 13.2 Å². The molecule has 0 fully saturated rings. The van der Waals surface area contributed by atoms with Gasteiger partial charge in [-0.2, -0.15) is 18.3 Å². The quantitative estimate of drug-likeness (QED) is 0.576. The summed E-state index contributed by atoms with van der Waals surface area (Å²) in [5.74, 6) is 0. The van der Waals surface area contributed by atoms with Crippen molar-refractivity contribution in [2.75, 3.05) is 6.54 Å². The van der Waals surface area contributed by atoms with Gasteiger partial charge in [-0.15, -0.1) is 0 Å². The van der Waals surface area contributed by atoms with Gasteiger partial charge in [0.2, 0.25) is 6.17 Å². The lowest BCUT2D eigenvalue weighted by atomic mass is 10.4. The molecule has 0 aromatic heterocycles. The summed E-state index contributed by atoms with van der Waals surface area (Å²) in [6.45, 7) is 1.87. The number of hydrogen-bond donors (Lipinski definition) is 0. The molecular formula is C7H9Cl3F3N3. The van der Waals surface area contributed by atoms with Gasteiger partial charge in [0.05, 0.1) is 0 Å². The number of nitrogens with zero attached hydrogens (tertiary/aromatic N) is 3. The van der Waals surface area contributed by atoms with E-state index in [0.717, 1.165) is 11.3 Å². The van der Waals surface area contributed by atoms with E-state index in [0.29, 0.717) is 11.3 Å². The van der Waals surface area contributed by atoms with Crippen LogP contribution in [0.25, 0.3) is 0 Å². The summed E-state index contributed by atoms with van der Waals surface area (Å²) in [6.07, 6.45) is -5.17. The van der Waals surface area contributed by atoms with Crippen LogP contribution in [0.15, 0.2) is 5.10 Å². The van der Waals surface area contributed by atoms with Crippen LogP contribution < -0.4 is 0 Å². The third-order valence-corrected chi connectivity index (χ3v) is 2.49. The predicted octanol–water partition coefficient (Wildman–Crippen LogP) is 3.17. The predicted molar refractivity (Wildman–Crippen MR) is 57.5 cm³/mol. The fourth-order valence-electron chi connectivity index (χ4n) is 1.33. The molecule has 94 valence electrons. The van der Waals surface area contributed by atoms with Gasteiger partial charge in [-0.05, 0) is 6.42 Å². The third-order valence-electron chi connectivity index (χ3n) is 1.91. The normalized spacial score (nSPS) is 22.1. The van der Waals surface area contributed by atoms with Crippen LogP contribution in [0.3, 0.4) is 0 Å². The fraction of sp³-hybridized carbons (Fsp3) is 0.857. The largest absolute Gasteiger partial charge is 0.429 e. The minimum absolute atomic E-state index is 0.137. The molecule has 1 atom stereocenters. The maximum Gasteiger partial charge on any atom is 0.429 e. The van der Waals surface area contributed by atoms with Gasteiger partial charge in [0.25, 0.3) is 3.92 Å². The van der Waals surface area contributed by atoms with E-state index in [1.165, 1.54) is 0 Å². The Morgan fingerprint density at radius 3 is 2.25 bits per heavy atom. The van der Waals surface area contributed by atoms with Crippen LogP contribution in [0.2, 0.25) is 0 Å². The number of alkyl halides is 6.